The average Bonchev–Trinajstić information content (AvgIpc) is 1.99. The molecule has 3 nitrogen and oxygen atoms in total. The maximum absolute atomic E-state index is 10.3. The number of hydrogen-bond acceptors (Lipinski definition) is 3. The van der Waals surface area contributed by atoms with Crippen molar-refractivity contribution >= 4 is 0 Å². The van der Waals surface area contributed by atoms with Crippen molar-refractivity contribution in [2.45, 2.75) is 45.8 Å². The Bertz CT molecular complexity index is 188. The first-order chi connectivity index (χ1) is 6.97. The molecule has 1 saturated heterocycles. The number of rotatable bonds is 6. The van der Waals surface area contributed by atoms with Crippen LogP contribution < -0.4 is 5.32 Å². The van der Waals surface area contributed by atoms with Gasteiger partial charge in [0.15, 0.2) is 0 Å². The topological polar surface area (TPSA) is 35.5 Å². The molecule has 0 bridgehead atoms. The van der Waals surface area contributed by atoms with E-state index in [1.54, 1.807) is 0 Å². The van der Waals surface area contributed by atoms with Gasteiger partial charge in [-0.2, -0.15) is 0 Å². The molecule has 15 heavy (non-hydrogen) atoms. The van der Waals surface area contributed by atoms with E-state index in [1.807, 2.05) is 6.92 Å². The van der Waals surface area contributed by atoms with Crippen LogP contribution in [0.3, 0.4) is 0 Å². The molecule has 0 amide bonds. The molecule has 0 aromatic carbocycles. The number of nitrogens with one attached hydrogen (secondary N) is 1. The van der Waals surface area contributed by atoms with Crippen LogP contribution in [-0.4, -0.2) is 47.8 Å². The fourth-order valence-corrected chi connectivity index (χ4v) is 1.80. The summed E-state index contributed by atoms with van der Waals surface area (Å²) in [6.07, 6.45) is 1.16. The Labute approximate surface area is 93.9 Å². The molecule has 0 saturated carbocycles. The third kappa shape index (κ3) is 3.44. The molecule has 90 valence electrons. The zero-order chi connectivity index (χ0) is 11.5. The van der Waals surface area contributed by atoms with Gasteiger partial charge in [-0.15, -0.1) is 0 Å². The summed E-state index contributed by atoms with van der Waals surface area (Å²) in [5, 5.41) is 13.6. The molecule has 1 fully saturated rings. The van der Waals surface area contributed by atoms with Gasteiger partial charge >= 0.3 is 0 Å². The largest absolute Gasteiger partial charge is 0.389 e. The van der Waals surface area contributed by atoms with Crippen LogP contribution in [0.5, 0.6) is 0 Å². The predicted molar refractivity (Wildman–Crippen MR) is 64.0 cm³/mol. The molecule has 2 N–H and O–H groups in total. The Morgan fingerprint density at radius 1 is 1.47 bits per heavy atom. The summed E-state index contributed by atoms with van der Waals surface area (Å²) in [6.45, 7) is 12.4. The fraction of sp³-hybridized carbons (Fsp3) is 1.00. The standard InChI is InChI=1S/C12H26N2O/c1-5-6-14(11-7-13-8-11)9-12(4,15)10(2)3/h10-11,13,15H,5-9H2,1-4H3. The second-order valence-corrected chi connectivity index (χ2v) is 5.29. The molecule has 0 aliphatic carbocycles. The highest BCUT2D eigenvalue weighted by atomic mass is 16.3. The van der Waals surface area contributed by atoms with Crippen LogP contribution in [0.1, 0.15) is 34.1 Å². The van der Waals surface area contributed by atoms with E-state index in [4.69, 9.17) is 0 Å². The Hall–Kier alpha value is -0.120. The molecule has 1 aliphatic heterocycles. The summed E-state index contributed by atoms with van der Waals surface area (Å²) in [6, 6.07) is 0.634. The summed E-state index contributed by atoms with van der Waals surface area (Å²) in [7, 11) is 0. The van der Waals surface area contributed by atoms with Crippen LogP contribution in [0.15, 0.2) is 0 Å². The Balaban J connectivity index is 2.49. The maximum Gasteiger partial charge on any atom is 0.0768 e. The highest BCUT2D eigenvalue weighted by molar-refractivity contribution is 4.89. The molecule has 1 aliphatic rings. The van der Waals surface area contributed by atoms with Crippen LogP contribution in [0.2, 0.25) is 0 Å². The predicted octanol–water partition coefficient (Wildman–Crippen LogP) is 1.08. The normalized spacial score (nSPS) is 21.8. The minimum absolute atomic E-state index is 0.310. The molecule has 0 radical (unpaired) electrons. The van der Waals surface area contributed by atoms with Crippen molar-refractivity contribution in [2.24, 2.45) is 5.92 Å². The lowest BCUT2D eigenvalue weighted by molar-refractivity contribution is -0.0349. The number of aliphatic hydroxyl groups is 1. The van der Waals surface area contributed by atoms with Crippen molar-refractivity contribution in [1.29, 1.82) is 0 Å². The van der Waals surface area contributed by atoms with Gasteiger partial charge < -0.3 is 10.4 Å². The quantitative estimate of drug-likeness (QED) is 0.694. The van der Waals surface area contributed by atoms with Gasteiger partial charge in [0.2, 0.25) is 0 Å². The first-order valence-corrected chi connectivity index (χ1v) is 6.14. The molecule has 0 spiro atoms. The van der Waals surface area contributed by atoms with Crippen molar-refractivity contribution in [3.05, 3.63) is 0 Å². The lowest BCUT2D eigenvalue weighted by Crippen LogP contribution is -2.60. The highest BCUT2D eigenvalue weighted by Gasteiger charge is 2.32. The van der Waals surface area contributed by atoms with E-state index in [2.05, 4.69) is 31.0 Å². The first-order valence-electron chi connectivity index (χ1n) is 6.14. The van der Waals surface area contributed by atoms with Crippen molar-refractivity contribution < 1.29 is 5.11 Å². The van der Waals surface area contributed by atoms with E-state index in [0.717, 1.165) is 32.6 Å². The minimum atomic E-state index is -0.565. The molecular weight excluding hydrogens is 188 g/mol. The van der Waals surface area contributed by atoms with Crippen molar-refractivity contribution in [3.63, 3.8) is 0 Å². The number of nitrogens with zero attached hydrogens (tertiary/aromatic N) is 1. The molecule has 1 rings (SSSR count). The summed E-state index contributed by atoms with van der Waals surface area (Å²) < 4.78 is 0. The second-order valence-electron chi connectivity index (χ2n) is 5.29. The average molecular weight is 214 g/mol. The van der Waals surface area contributed by atoms with E-state index >= 15 is 0 Å². The van der Waals surface area contributed by atoms with Crippen molar-refractivity contribution in [2.75, 3.05) is 26.2 Å². The van der Waals surface area contributed by atoms with Crippen LogP contribution in [0.25, 0.3) is 0 Å². The molecule has 0 aromatic rings. The van der Waals surface area contributed by atoms with Crippen molar-refractivity contribution in [3.8, 4) is 0 Å². The van der Waals surface area contributed by atoms with Gasteiger partial charge in [-0.25, -0.2) is 0 Å². The Morgan fingerprint density at radius 3 is 2.40 bits per heavy atom. The zero-order valence-corrected chi connectivity index (χ0v) is 10.6. The summed E-state index contributed by atoms with van der Waals surface area (Å²) in [4.78, 5) is 2.43. The number of hydrogen-bond donors (Lipinski definition) is 2. The smallest absolute Gasteiger partial charge is 0.0768 e. The van der Waals surface area contributed by atoms with Crippen LogP contribution in [-0.2, 0) is 0 Å². The van der Waals surface area contributed by atoms with E-state index in [0.29, 0.717) is 12.0 Å². The fourth-order valence-electron chi connectivity index (χ4n) is 1.80. The van der Waals surface area contributed by atoms with Crippen molar-refractivity contribution in [1.82, 2.24) is 10.2 Å². The minimum Gasteiger partial charge on any atom is -0.389 e. The summed E-state index contributed by atoms with van der Waals surface area (Å²) in [5.41, 5.74) is -0.565. The van der Waals surface area contributed by atoms with E-state index in [9.17, 15) is 5.11 Å². The van der Waals surface area contributed by atoms with Gasteiger partial charge in [0.1, 0.15) is 0 Å². The second kappa shape index (κ2) is 5.28. The molecular formula is C12H26N2O. The maximum atomic E-state index is 10.3. The molecule has 1 atom stereocenters. The SMILES string of the molecule is CCCN(CC(C)(O)C(C)C)C1CNC1. The van der Waals surface area contributed by atoms with Gasteiger partial charge in [-0.05, 0) is 25.8 Å². The third-order valence-corrected chi connectivity index (χ3v) is 3.55. The zero-order valence-electron chi connectivity index (χ0n) is 10.6. The summed E-state index contributed by atoms with van der Waals surface area (Å²) >= 11 is 0. The van der Waals surface area contributed by atoms with Gasteiger partial charge in [0, 0.05) is 25.7 Å². The highest BCUT2D eigenvalue weighted by Crippen LogP contribution is 2.20. The molecule has 3 heteroatoms. The van der Waals surface area contributed by atoms with Crippen LogP contribution in [0, 0.1) is 5.92 Å². The third-order valence-electron chi connectivity index (χ3n) is 3.55. The molecule has 0 aromatic heterocycles. The van der Waals surface area contributed by atoms with Gasteiger partial charge in [0.05, 0.1) is 5.60 Å². The van der Waals surface area contributed by atoms with E-state index in [1.165, 1.54) is 0 Å². The van der Waals surface area contributed by atoms with Crippen LogP contribution >= 0.6 is 0 Å². The van der Waals surface area contributed by atoms with Gasteiger partial charge in [-0.3, -0.25) is 4.90 Å². The van der Waals surface area contributed by atoms with E-state index < -0.39 is 5.60 Å². The molecule has 1 unspecified atom stereocenters. The van der Waals surface area contributed by atoms with Gasteiger partial charge in [-0.1, -0.05) is 20.8 Å². The summed E-state index contributed by atoms with van der Waals surface area (Å²) in [5.74, 6) is 0.310. The lowest BCUT2D eigenvalue weighted by Gasteiger charge is -2.42. The first kappa shape index (κ1) is 12.9. The van der Waals surface area contributed by atoms with Crippen LogP contribution in [0.4, 0.5) is 0 Å². The monoisotopic (exact) mass is 214 g/mol. The lowest BCUT2D eigenvalue weighted by atomic mass is 9.91. The Kier molecular flexibility index (Phi) is 4.56. The molecule has 1 heterocycles. The Morgan fingerprint density at radius 2 is 2.07 bits per heavy atom. The van der Waals surface area contributed by atoms with E-state index in [-0.39, 0.29) is 0 Å². The van der Waals surface area contributed by atoms with Gasteiger partial charge in [0.25, 0.3) is 0 Å².